The van der Waals surface area contributed by atoms with Gasteiger partial charge in [-0.1, -0.05) is 24.3 Å². The van der Waals surface area contributed by atoms with Crippen molar-refractivity contribution >= 4 is 28.8 Å². The molecule has 1 heterocycles. The minimum Gasteiger partial charge on any atom is -0.507 e. The predicted octanol–water partition coefficient (Wildman–Crippen LogP) is 1.93. The van der Waals surface area contributed by atoms with Gasteiger partial charge in [-0.2, -0.15) is 0 Å². The lowest BCUT2D eigenvalue weighted by molar-refractivity contribution is -0.385. The molecular formula is C21H19N3O9. The summed E-state index contributed by atoms with van der Waals surface area (Å²) in [6.45, 7) is -0.404. The molecule has 33 heavy (non-hydrogen) atoms. The Balaban J connectivity index is 2.14. The minimum atomic E-state index is -1.19. The molecular weight excluding hydrogens is 438 g/mol. The number of hydrogen-bond donors (Lipinski definition) is 2. The molecule has 1 fully saturated rings. The quantitative estimate of drug-likeness (QED) is 0.142. The molecule has 0 aromatic heterocycles. The van der Waals surface area contributed by atoms with E-state index in [1.807, 2.05) is 0 Å². The standard InChI is InChI=1S/C21H19N3O9/c25-8-10-33-9-7-22-18(13-3-1-5-15(11-13)23(29)30)17(20(27)21(22)28)19(26)14-4-2-6-16(12-14)24(31)32/h1-6,11-12,18,25-26H,7-10H2/b19-17+. The fraction of sp³-hybridized carbons (Fsp3) is 0.238. The molecule has 1 aliphatic heterocycles. The van der Waals surface area contributed by atoms with Gasteiger partial charge in [-0.15, -0.1) is 0 Å². The molecule has 2 aromatic carbocycles. The SMILES string of the molecule is O=C1C(=O)N(CCOCCO)C(c2cccc([N+](=O)[O-])c2)/C1=C(\O)c1cccc([N+](=O)[O-])c1. The van der Waals surface area contributed by atoms with E-state index in [1.54, 1.807) is 0 Å². The van der Waals surface area contributed by atoms with Crippen LogP contribution in [-0.4, -0.2) is 63.0 Å². The topological polar surface area (TPSA) is 173 Å². The summed E-state index contributed by atoms with van der Waals surface area (Å²) in [5.41, 5.74) is -0.850. The number of Topliss-reactive ketones (excluding diaryl/α,β-unsaturated/α-hetero) is 1. The van der Waals surface area contributed by atoms with Crippen molar-refractivity contribution in [1.82, 2.24) is 4.90 Å². The van der Waals surface area contributed by atoms with Gasteiger partial charge in [-0.25, -0.2) is 0 Å². The zero-order valence-electron chi connectivity index (χ0n) is 17.1. The Morgan fingerprint density at radius 3 is 2.27 bits per heavy atom. The number of benzene rings is 2. The summed E-state index contributed by atoms with van der Waals surface area (Å²) >= 11 is 0. The molecule has 12 heteroatoms. The number of hydrogen-bond acceptors (Lipinski definition) is 9. The van der Waals surface area contributed by atoms with Crippen molar-refractivity contribution in [2.75, 3.05) is 26.4 Å². The van der Waals surface area contributed by atoms with E-state index in [1.165, 1.54) is 42.5 Å². The summed E-state index contributed by atoms with van der Waals surface area (Å²) in [6, 6.07) is 8.97. The highest BCUT2D eigenvalue weighted by atomic mass is 16.6. The molecule has 2 N–H and O–H groups in total. The van der Waals surface area contributed by atoms with Gasteiger partial charge >= 0.3 is 0 Å². The lowest BCUT2D eigenvalue weighted by Gasteiger charge is -2.25. The number of aliphatic hydroxyl groups is 2. The normalized spacial score (nSPS) is 17.4. The maximum Gasteiger partial charge on any atom is 0.295 e. The summed E-state index contributed by atoms with van der Waals surface area (Å²) in [5.74, 6) is -2.66. The van der Waals surface area contributed by atoms with Crippen molar-refractivity contribution in [3.8, 4) is 0 Å². The van der Waals surface area contributed by atoms with E-state index in [9.17, 15) is 34.9 Å². The summed E-state index contributed by atoms with van der Waals surface area (Å²) in [6.07, 6.45) is 0. The van der Waals surface area contributed by atoms with Crippen molar-refractivity contribution in [1.29, 1.82) is 0 Å². The van der Waals surface area contributed by atoms with Gasteiger partial charge in [0.25, 0.3) is 23.1 Å². The third-order valence-corrected chi connectivity index (χ3v) is 4.98. The summed E-state index contributed by atoms with van der Waals surface area (Å²) in [5, 5.41) is 42.1. The molecule has 0 spiro atoms. The third kappa shape index (κ3) is 4.86. The first-order chi connectivity index (χ1) is 15.8. The summed E-state index contributed by atoms with van der Waals surface area (Å²) in [4.78, 5) is 47.8. The van der Waals surface area contributed by atoms with Crippen molar-refractivity contribution in [3.05, 3.63) is 85.5 Å². The van der Waals surface area contributed by atoms with Crippen LogP contribution in [0.2, 0.25) is 0 Å². The number of likely N-dealkylation sites (tertiary alicyclic amines) is 1. The van der Waals surface area contributed by atoms with Crippen LogP contribution in [0.3, 0.4) is 0 Å². The molecule has 0 saturated carbocycles. The summed E-state index contributed by atoms with van der Waals surface area (Å²) < 4.78 is 5.18. The number of nitrogens with zero attached hydrogens (tertiary/aromatic N) is 3. The molecule has 0 bridgehead atoms. The van der Waals surface area contributed by atoms with Gasteiger partial charge in [0, 0.05) is 36.4 Å². The van der Waals surface area contributed by atoms with E-state index in [-0.39, 0.29) is 54.4 Å². The van der Waals surface area contributed by atoms with E-state index >= 15 is 0 Å². The zero-order valence-corrected chi connectivity index (χ0v) is 17.1. The molecule has 1 amide bonds. The maximum absolute atomic E-state index is 12.9. The van der Waals surface area contributed by atoms with Crippen LogP contribution in [0.4, 0.5) is 11.4 Å². The lowest BCUT2D eigenvalue weighted by atomic mass is 9.95. The lowest BCUT2D eigenvalue weighted by Crippen LogP contribution is -2.33. The van der Waals surface area contributed by atoms with Gasteiger partial charge in [0.15, 0.2) is 0 Å². The number of amides is 1. The second kappa shape index (κ2) is 9.97. The first-order valence-corrected chi connectivity index (χ1v) is 9.72. The van der Waals surface area contributed by atoms with E-state index < -0.39 is 33.3 Å². The number of rotatable bonds is 9. The average molecular weight is 457 g/mol. The highest BCUT2D eigenvalue weighted by molar-refractivity contribution is 6.46. The maximum atomic E-state index is 12.9. The second-order valence-corrected chi connectivity index (χ2v) is 6.99. The number of nitro groups is 2. The third-order valence-electron chi connectivity index (χ3n) is 4.98. The largest absolute Gasteiger partial charge is 0.507 e. The second-order valence-electron chi connectivity index (χ2n) is 6.99. The van der Waals surface area contributed by atoms with E-state index in [2.05, 4.69) is 0 Å². The monoisotopic (exact) mass is 457 g/mol. The van der Waals surface area contributed by atoms with Crippen molar-refractivity contribution in [3.63, 3.8) is 0 Å². The minimum absolute atomic E-state index is 0.000911. The number of ether oxygens (including phenoxy) is 1. The van der Waals surface area contributed by atoms with Gasteiger partial charge in [-0.3, -0.25) is 29.8 Å². The number of carbonyl (C=O) groups is 2. The Bertz CT molecular complexity index is 1150. The highest BCUT2D eigenvalue weighted by Crippen LogP contribution is 2.40. The van der Waals surface area contributed by atoms with Gasteiger partial charge in [0.2, 0.25) is 0 Å². The highest BCUT2D eigenvalue weighted by Gasteiger charge is 2.46. The van der Waals surface area contributed by atoms with Crippen molar-refractivity contribution in [2.24, 2.45) is 0 Å². The van der Waals surface area contributed by atoms with Gasteiger partial charge in [0.05, 0.1) is 41.3 Å². The molecule has 1 saturated heterocycles. The Morgan fingerprint density at radius 2 is 1.64 bits per heavy atom. The van der Waals surface area contributed by atoms with Crippen LogP contribution in [0.5, 0.6) is 0 Å². The molecule has 1 atom stereocenters. The van der Waals surface area contributed by atoms with Crippen LogP contribution >= 0.6 is 0 Å². The molecule has 172 valence electrons. The van der Waals surface area contributed by atoms with Crippen molar-refractivity contribution < 1.29 is 34.4 Å². The number of aliphatic hydroxyl groups excluding tert-OH is 2. The Kier molecular flexibility index (Phi) is 7.10. The van der Waals surface area contributed by atoms with Gasteiger partial charge in [-0.05, 0) is 5.56 Å². The average Bonchev–Trinajstić information content (AvgIpc) is 3.06. The number of nitro benzene ring substituents is 2. The van der Waals surface area contributed by atoms with Crippen LogP contribution < -0.4 is 0 Å². The zero-order chi connectivity index (χ0) is 24.1. The van der Waals surface area contributed by atoms with Crippen LogP contribution in [0.25, 0.3) is 5.76 Å². The fourth-order valence-electron chi connectivity index (χ4n) is 3.52. The molecule has 3 rings (SSSR count). The number of ketones is 1. The fourth-order valence-corrected chi connectivity index (χ4v) is 3.52. The molecule has 12 nitrogen and oxygen atoms in total. The molecule has 1 aliphatic rings. The number of non-ortho nitro benzene ring substituents is 2. The summed E-state index contributed by atoms with van der Waals surface area (Å²) in [7, 11) is 0. The van der Waals surface area contributed by atoms with Crippen LogP contribution in [0.1, 0.15) is 17.2 Å². The van der Waals surface area contributed by atoms with E-state index in [4.69, 9.17) is 9.84 Å². The van der Waals surface area contributed by atoms with E-state index in [0.717, 1.165) is 11.0 Å². The van der Waals surface area contributed by atoms with Crippen LogP contribution in [-0.2, 0) is 14.3 Å². The Hall–Kier alpha value is -4.16. The molecule has 1 unspecified atom stereocenters. The molecule has 0 aliphatic carbocycles. The molecule has 2 aromatic rings. The van der Waals surface area contributed by atoms with Gasteiger partial charge in [0.1, 0.15) is 5.76 Å². The van der Waals surface area contributed by atoms with Gasteiger partial charge < -0.3 is 19.8 Å². The number of carbonyl (C=O) groups excluding carboxylic acids is 2. The smallest absolute Gasteiger partial charge is 0.295 e. The van der Waals surface area contributed by atoms with Crippen molar-refractivity contribution in [2.45, 2.75) is 6.04 Å². The first-order valence-electron chi connectivity index (χ1n) is 9.72. The van der Waals surface area contributed by atoms with Crippen LogP contribution in [0, 0.1) is 20.2 Å². The van der Waals surface area contributed by atoms with Crippen LogP contribution in [0.15, 0.2) is 54.1 Å². The Morgan fingerprint density at radius 1 is 1.00 bits per heavy atom. The van der Waals surface area contributed by atoms with E-state index in [0.29, 0.717) is 0 Å². The first kappa shape index (κ1) is 23.5. The predicted molar refractivity (Wildman–Crippen MR) is 113 cm³/mol. The Labute approximate surface area is 186 Å². The molecule has 0 radical (unpaired) electrons.